The third-order valence-electron chi connectivity index (χ3n) is 2.29. The average Bonchev–Trinajstić information content (AvgIpc) is 2.61. The van der Waals surface area contributed by atoms with E-state index in [2.05, 4.69) is 25.9 Å². The van der Waals surface area contributed by atoms with Gasteiger partial charge in [-0.25, -0.2) is 9.78 Å². The predicted octanol–water partition coefficient (Wildman–Crippen LogP) is 2.85. The summed E-state index contributed by atoms with van der Waals surface area (Å²) in [5, 5.41) is 9.04. The van der Waals surface area contributed by atoms with E-state index in [1.165, 1.54) is 0 Å². The van der Waals surface area contributed by atoms with Gasteiger partial charge < -0.3 is 10.1 Å². The highest BCUT2D eigenvalue weighted by atomic mass is 79.9. The minimum Gasteiger partial charge on any atom is -0.477 e. The third-order valence-corrected chi connectivity index (χ3v) is 2.66. The summed E-state index contributed by atoms with van der Waals surface area (Å²) >= 11 is 3.14. The van der Waals surface area contributed by atoms with Gasteiger partial charge in [0.05, 0.1) is 0 Å². The number of carboxylic acids is 1. The van der Waals surface area contributed by atoms with E-state index in [9.17, 15) is 4.79 Å². The first-order valence-electron chi connectivity index (χ1n) is 4.64. The maximum absolute atomic E-state index is 11.0. The van der Waals surface area contributed by atoms with Gasteiger partial charge in [-0.1, -0.05) is 24.3 Å². The molecule has 0 atom stereocenters. The van der Waals surface area contributed by atoms with E-state index in [4.69, 9.17) is 5.11 Å². The van der Waals surface area contributed by atoms with Crippen molar-refractivity contribution < 1.29 is 9.90 Å². The molecule has 2 rings (SSSR count). The molecule has 1 aromatic heterocycles. The van der Waals surface area contributed by atoms with Crippen LogP contribution in [0.3, 0.4) is 0 Å². The summed E-state index contributed by atoms with van der Waals surface area (Å²) < 4.78 is 0.420. The number of hydrogen-bond acceptors (Lipinski definition) is 2. The molecule has 0 radical (unpaired) electrons. The quantitative estimate of drug-likeness (QED) is 0.889. The van der Waals surface area contributed by atoms with Crippen molar-refractivity contribution in [2.24, 2.45) is 0 Å². The molecule has 2 N–H and O–H groups in total. The number of halogens is 1. The Morgan fingerprint density at radius 3 is 2.75 bits per heavy atom. The fraction of sp³-hybridized carbons (Fsp3) is 0.0909. The van der Waals surface area contributed by atoms with E-state index in [1.807, 2.05) is 31.2 Å². The molecule has 0 amide bonds. The Morgan fingerprint density at radius 2 is 2.12 bits per heavy atom. The van der Waals surface area contributed by atoms with Crippen LogP contribution in [0.15, 0.2) is 29.0 Å². The largest absolute Gasteiger partial charge is 0.477 e. The summed E-state index contributed by atoms with van der Waals surface area (Å²) in [7, 11) is 0. The lowest BCUT2D eigenvalue weighted by Gasteiger charge is -2.02. The van der Waals surface area contributed by atoms with Crippen LogP contribution >= 0.6 is 15.9 Å². The Hall–Kier alpha value is -1.62. The number of nitrogens with one attached hydrogen (secondary N) is 1. The van der Waals surface area contributed by atoms with Crippen LogP contribution in [-0.2, 0) is 0 Å². The average molecular weight is 281 g/mol. The number of benzene rings is 1. The molecule has 16 heavy (non-hydrogen) atoms. The lowest BCUT2D eigenvalue weighted by Crippen LogP contribution is -1.99. The zero-order chi connectivity index (χ0) is 11.7. The van der Waals surface area contributed by atoms with E-state index in [0.717, 1.165) is 11.1 Å². The standard InChI is InChI=1S/C11H9BrN2O2/c1-6-4-2-3-5-7(6)8-9(10(15)16)14-11(12)13-8/h2-5H,1H3,(H,13,14)(H,15,16). The summed E-state index contributed by atoms with van der Waals surface area (Å²) in [6.07, 6.45) is 0. The van der Waals surface area contributed by atoms with Crippen LogP contribution in [0.1, 0.15) is 16.1 Å². The van der Waals surface area contributed by atoms with Crippen LogP contribution in [-0.4, -0.2) is 21.0 Å². The molecule has 4 nitrogen and oxygen atoms in total. The summed E-state index contributed by atoms with van der Waals surface area (Å²) in [4.78, 5) is 17.8. The SMILES string of the molecule is Cc1ccccc1-c1nc(Br)[nH]c1C(=O)O. The first-order valence-corrected chi connectivity index (χ1v) is 5.43. The molecule has 0 saturated heterocycles. The molecule has 82 valence electrons. The normalized spacial score (nSPS) is 10.4. The molecule has 0 aliphatic heterocycles. The Balaban J connectivity index is 2.64. The molecule has 1 aromatic carbocycles. The van der Waals surface area contributed by atoms with E-state index in [0.29, 0.717) is 10.4 Å². The fourth-order valence-corrected chi connectivity index (χ4v) is 1.91. The van der Waals surface area contributed by atoms with Crippen molar-refractivity contribution >= 4 is 21.9 Å². The molecule has 0 aliphatic rings. The van der Waals surface area contributed by atoms with Crippen molar-refractivity contribution in [2.75, 3.05) is 0 Å². The molecular weight excluding hydrogens is 272 g/mol. The van der Waals surface area contributed by atoms with Crippen LogP contribution in [0.2, 0.25) is 0 Å². The second-order valence-electron chi connectivity index (χ2n) is 3.37. The van der Waals surface area contributed by atoms with Gasteiger partial charge in [0.2, 0.25) is 0 Å². The summed E-state index contributed by atoms with van der Waals surface area (Å²) in [6.45, 7) is 1.92. The van der Waals surface area contributed by atoms with Gasteiger partial charge in [0.25, 0.3) is 0 Å². The smallest absolute Gasteiger partial charge is 0.354 e. The maximum atomic E-state index is 11.0. The van der Waals surface area contributed by atoms with E-state index >= 15 is 0 Å². The lowest BCUT2D eigenvalue weighted by molar-refractivity contribution is 0.0692. The van der Waals surface area contributed by atoms with E-state index in [-0.39, 0.29) is 5.69 Å². The number of hydrogen-bond donors (Lipinski definition) is 2. The second-order valence-corrected chi connectivity index (χ2v) is 4.12. The number of imidazole rings is 1. The van der Waals surface area contributed by atoms with E-state index in [1.54, 1.807) is 0 Å². The third kappa shape index (κ3) is 1.86. The fourth-order valence-electron chi connectivity index (χ4n) is 1.53. The van der Waals surface area contributed by atoms with Crippen molar-refractivity contribution in [3.8, 4) is 11.3 Å². The van der Waals surface area contributed by atoms with E-state index < -0.39 is 5.97 Å². The van der Waals surface area contributed by atoms with Crippen LogP contribution < -0.4 is 0 Å². The van der Waals surface area contributed by atoms with Crippen LogP contribution in [0, 0.1) is 6.92 Å². The van der Waals surface area contributed by atoms with Crippen LogP contribution in [0.5, 0.6) is 0 Å². The number of carbonyl (C=O) groups is 1. The number of aryl methyl sites for hydroxylation is 1. The first kappa shape index (κ1) is 10.9. The Labute approximate surface area is 100 Å². The lowest BCUT2D eigenvalue weighted by atomic mass is 10.0. The molecular formula is C11H9BrN2O2. The van der Waals surface area contributed by atoms with Crippen molar-refractivity contribution in [1.29, 1.82) is 0 Å². The van der Waals surface area contributed by atoms with Gasteiger partial charge in [-0.3, -0.25) is 0 Å². The minimum atomic E-state index is -1.02. The molecule has 0 bridgehead atoms. The maximum Gasteiger partial charge on any atom is 0.354 e. The summed E-state index contributed by atoms with van der Waals surface area (Å²) in [5.41, 5.74) is 2.37. The Morgan fingerprint density at radius 1 is 1.44 bits per heavy atom. The van der Waals surface area contributed by atoms with Gasteiger partial charge in [0.15, 0.2) is 10.4 Å². The zero-order valence-electron chi connectivity index (χ0n) is 8.49. The highest BCUT2D eigenvalue weighted by molar-refractivity contribution is 9.10. The molecule has 5 heteroatoms. The topological polar surface area (TPSA) is 66.0 Å². The van der Waals surface area contributed by atoms with Gasteiger partial charge in [0.1, 0.15) is 5.69 Å². The van der Waals surface area contributed by atoms with Gasteiger partial charge in [0, 0.05) is 5.56 Å². The van der Waals surface area contributed by atoms with Crippen molar-refractivity contribution in [2.45, 2.75) is 6.92 Å². The number of rotatable bonds is 2. The van der Waals surface area contributed by atoms with Crippen molar-refractivity contribution in [3.05, 3.63) is 40.3 Å². The molecule has 0 spiro atoms. The summed E-state index contributed by atoms with van der Waals surface area (Å²) in [5.74, 6) is -1.02. The number of aromatic nitrogens is 2. The molecule has 0 saturated carbocycles. The molecule has 0 aliphatic carbocycles. The monoisotopic (exact) mass is 280 g/mol. The van der Waals surface area contributed by atoms with Crippen molar-refractivity contribution in [3.63, 3.8) is 0 Å². The highest BCUT2D eigenvalue weighted by Gasteiger charge is 2.17. The zero-order valence-corrected chi connectivity index (χ0v) is 10.1. The van der Waals surface area contributed by atoms with Crippen LogP contribution in [0.4, 0.5) is 0 Å². The number of carboxylic acid groups (broad SMARTS) is 1. The molecule has 0 unspecified atom stereocenters. The molecule has 1 heterocycles. The van der Waals surface area contributed by atoms with Crippen LogP contribution in [0.25, 0.3) is 11.3 Å². The minimum absolute atomic E-state index is 0.0983. The molecule has 0 fully saturated rings. The number of aromatic carboxylic acids is 1. The summed E-state index contributed by atoms with van der Waals surface area (Å²) in [6, 6.07) is 7.53. The second kappa shape index (κ2) is 4.09. The number of aromatic amines is 1. The predicted molar refractivity (Wildman–Crippen MR) is 63.4 cm³/mol. The van der Waals surface area contributed by atoms with Gasteiger partial charge in [-0.05, 0) is 28.4 Å². The Kier molecular flexibility index (Phi) is 2.78. The molecule has 2 aromatic rings. The van der Waals surface area contributed by atoms with Gasteiger partial charge >= 0.3 is 5.97 Å². The highest BCUT2D eigenvalue weighted by Crippen LogP contribution is 2.26. The van der Waals surface area contributed by atoms with Crippen molar-refractivity contribution in [1.82, 2.24) is 9.97 Å². The van der Waals surface area contributed by atoms with Gasteiger partial charge in [-0.15, -0.1) is 0 Å². The number of H-pyrrole nitrogens is 1. The first-order chi connectivity index (χ1) is 7.59. The number of nitrogens with zero attached hydrogens (tertiary/aromatic N) is 1. The Bertz CT molecular complexity index is 549. The van der Waals surface area contributed by atoms with Gasteiger partial charge in [-0.2, -0.15) is 0 Å².